The number of carbonyl (C=O) groups is 1. The largest absolute Gasteiger partial charge is 0.381 e. The highest BCUT2D eigenvalue weighted by Crippen LogP contribution is 2.40. The van der Waals surface area contributed by atoms with Crippen molar-refractivity contribution in [2.24, 2.45) is 5.92 Å². The van der Waals surface area contributed by atoms with E-state index in [1.54, 1.807) is 6.07 Å². The zero-order chi connectivity index (χ0) is 21.0. The number of hydrogen-bond acceptors (Lipinski definition) is 3. The van der Waals surface area contributed by atoms with Gasteiger partial charge in [-0.1, -0.05) is 48.5 Å². The van der Waals surface area contributed by atoms with Gasteiger partial charge >= 0.3 is 0 Å². The Bertz CT molecular complexity index is 722. The average molecular weight is 453 g/mol. The van der Waals surface area contributed by atoms with Crippen molar-refractivity contribution in [2.45, 2.75) is 69.2 Å². The van der Waals surface area contributed by atoms with Crippen molar-refractivity contribution in [3.63, 3.8) is 0 Å². The number of halogens is 2. The Morgan fingerprint density at radius 2 is 1.77 bits per heavy atom. The molecule has 166 valence electrons. The highest BCUT2D eigenvalue weighted by atomic mass is 35.5. The molecule has 1 saturated carbocycles. The molecule has 30 heavy (non-hydrogen) atoms. The van der Waals surface area contributed by atoms with Crippen LogP contribution >= 0.6 is 23.2 Å². The van der Waals surface area contributed by atoms with E-state index in [2.05, 4.69) is 10.2 Å². The lowest BCUT2D eigenvalue weighted by molar-refractivity contribution is -0.131. The molecular weight excluding hydrogens is 419 g/mol. The van der Waals surface area contributed by atoms with Gasteiger partial charge in [-0.05, 0) is 62.1 Å². The second-order valence-electron chi connectivity index (χ2n) is 9.37. The maximum Gasteiger partial charge on any atom is 0.231 e. The number of amides is 1. The summed E-state index contributed by atoms with van der Waals surface area (Å²) in [4.78, 5) is 16.2. The molecule has 1 amide bonds. The molecule has 2 heterocycles. The quantitative estimate of drug-likeness (QED) is 0.666. The number of benzene rings is 1. The van der Waals surface area contributed by atoms with Crippen molar-refractivity contribution in [3.8, 4) is 0 Å². The standard InChI is InChI=1S/C24H34Cl2N2O2/c25-19-6-7-21(22(26)16-19)24(10-14-30-15-11-24)23(29)27-20-8-12-28(13-9-20)17-18-4-2-1-3-5-18/h6-7,16,18,20H,1-5,8-15,17H2,(H,27,29). The normalized spacial score (nSPS) is 23.9. The SMILES string of the molecule is O=C(NC1CCN(CC2CCCCC2)CC1)C1(c2ccc(Cl)cc2Cl)CCOCC1. The highest BCUT2D eigenvalue weighted by Gasteiger charge is 2.44. The summed E-state index contributed by atoms with van der Waals surface area (Å²) >= 11 is 12.6. The first-order valence-corrected chi connectivity index (χ1v) is 12.4. The summed E-state index contributed by atoms with van der Waals surface area (Å²) in [6.07, 6.45) is 10.4. The summed E-state index contributed by atoms with van der Waals surface area (Å²) in [6, 6.07) is 5.73. The monoisotopic (exact) mass is 452 g/mol. The van der Waals surface area contributed by atoms with Gasteiger partial charge in [0.1, 0.15) is 0 Å². The molecule has 1 aromatic rings. The van der Waals surface area contributed by atoms with Crippen molar-refractivity contribution in [1.29, 1.82) is 0 Å². The number of hydrogen-bond donors (Lipinski definition) is 1. The third kappa shape index (κ3) is 5.15. The minimum absolute atomic E-state index is 0.0979. The van der Waals surface area contributed by atoms with E-state index in [4.69, 9.17) is 27.9 Å². The summed E-state index contributed by atoms with van der Waals surface area (Å²) in [7, 11) is 0. The molecule has 2 aliphatic heterocycles. The first-order chi connectivity index (χ1) is 14.6. The summed E-state index contributed by atoms with van der Waals surface area (Å²) in [5.41, 5.74) is 0.253. The molecule has 3 aliphatic rings. The molecule has 4 rings (SSSR count). The number of piperidine rings is 1. The van der Waals surface area contributed by atoms with Gasteiger partial charge in [0.2, 0.25) is 5.91 Å². The molecule has 0 atom stereocenters. The summed E-state index contributed by atoms with van der Waals surface area (Å²) in [6.45, 7) is 4.55. The second-order valence-corrected chi connectivity index (χ2v) is 10.2. The first-order valence-electron chi connectivity index (χ1n) is 11.6. The third-order valence-corrected chi connectivity index (χ3v) is 7.94. The van der Waals surface area contributed by atoms with Crippen molar-refractivity contribution < 1.29 is 9.53 Å². The van der Waals surface area contributed by atoms with Crippen LogP contribution in [0.3, 0.4) is 0 Å². The summed E-state index contributed by atoms with van der Waals surface area (Å²) in [5, 5.41) is 4.55. The fourth-order valence-corrected chi connectivity index (χ4v) is 6.12. The van der Waals surface area contributed by atoms with Crippen LogP contribution in [-0.4, -0.2) is 49.7 Å². The van der Waals surface area contributed by atoms with Crippen LogP contribution in [0, 0.1) is 5.92 Å². The predicted octanol–water partition coefficient (Wildman–Crippen LogP) is 5.20. The van der Waals surface area contributed by atoms with E-state index in [0.29, 0.717) is 36.1 Å². The predicted molar refractivity (Wildman–Crippen MR) is 122 cm³/mol. The number of rotatable bonds is 5. The van der Waals surface area contributed by atoms with Gasteiger partial charge in [0.05, 0.1) is 5.41 Å². The van der Waals surface area contributed by atoms with E-state index in [1.807, 2.05) is 12.1 Å². The molecule has 0 aromatic heterocycles. The smallest absolute Gasteiger partial charge is 0.231 e. The van der Waals surface area contributed by atoms with E-state index in [1.165, 1.54) is 38.6 Å². The number of likely N-dealkylation sites (tertiary alicyclic amines) is 1. The third-order valence-electron chi connectivity index (χ3n) is 7.39. The lowest BCUT2D eigenvalue weighted by Crippen LogP contribution is -2.53. The zero-order valence-electron chi connectivity index (χ0n) is 17.8. The van der Waals surface area contributed by atoms with E-state index in [0.717, 1.165) is 37.4 Å². The second kappa shape index (κ2) is 10.2. The van der Waals surface area contributed by atoms with Gasteiger partial charge in [-0.15, -0.1) is 0 Å². The molecule has 0 radical (unpaired) electrons. The molecule has 0 spiro atoms. The maximum atomic E-state index is 13.6. The van der Waals surface area contributed by atoms with Gasteiger partial charge in [-0.25, -0.2) is 0 Å². The Labute approximate surface area is 190 Å². The van der Waals surface area contributed by atoms with Crippen LogP contribution < -0.4 is 5.32 Å². The van der Waals surface area contributed by atoms with Crippen molar-refractivity contribution in [3.05, 3.63) is 33.8 Å². The summed E-state index contributed by atoms with van der Waals surface area (Å²) in [5.74, 6) is 0.975. The van der Waals surface area contributed by atoms with Crippen LogP contribution in [0.5, 0.6) is 0 Å². The molecule has 1 aromatic carbocycles. The minimum Gasteiger partial charge on any atom is -0.381 e. The van der Waals surface area contributed by atoms with Crippen LogP contribution in [0.15, 0.2) is 18.2 Å². The Morgan fingerprint density at radius 3 is 2.43 bits per heavy atom. The number of carbonyl (C=O) groups excluding carboxylic acids is 1. The molecule has 0 unspecified atom stereocenters. The fourth-order valence-electron chi connectivity index (χ4n) is 5.53. The van der Waals surface area contributed by atoms with Crippen LogP contribution in [0.2, 0.25) is 10.0 Å². The first kappa shape index (κ1) is 22.4. The Morgan fingerprint density at radius 1 is 1.07 bits per heavy atom. The lowest BCUT2D eigenvalue weighted by Gasteiger charge is -2.40. The average Bonchev–Trinajstić information content (AvgIpc) is 2.76. The van der Waals surface area contributed by atoms with Crippen LogP contribution in [-0.2, 0) is 14.9 Å². The highest BCUT2D eigenvalue weighted by molar-refractivity contribution is 6.35. The Kier molecular flexibility index (Phi) is 7.62. The van der Waals surface area contributed by atoms with E-state index in [9.17, 15) is 4.79 Å². The van der Waals surface area contributed by atoms with Gasteiger partial charge in [0.25, 0.3) is 0 Å². The fraction of sp³-hybridized carbons (Fsp3) is 0.708. The molecule has 1 aliphatic carbocycles. The van der Waals surface area contributed by atoms with Crippen molar-refractivity contribution >= 4 is 29.1 Å². The molecule has 2 saturated heterocycles. The molecule has 3 fully saturated rings. The van der Waals surface area contributed by atoms with Gasteiger partial charge in [-0.2, -0.15) is 0 Å². The Balaban J connectivity index is 1.37. The van der Waals surface area contributed by atoms with Crippen LogP contribution in [0.4, 0.5) is 0 Å². The topological polar surface area (TPSA) is 41.6 Å². The summed E-state index contributed by atoms with van der Waals surface area (Å²) < 4.78 is 5.58. The zero-order valence-corrected chi connectivity index (χ0v) is 19.3. The number of nitrogens with zero attached hydrogens (tertiary/aromatic N) is 1. The van der Waals surface area contributed by atoms with E-state index < -0.39 is 5.41 Å². The molecular formula is C24H34Cl2N2O2. The molecule has 4 nitrogen and oxygen atoms in total. The molecule has 1 N–H and O–H groups in total. The van der Waals surface area contributed by atoms with Crippen molar-refractivity contribution in [2.75, 3.05) is 32.8 Å². The van der Waals surface area contributed by atoms with Gasteiger partial charge in [-0.3, -0.25) is 4.79 Å². The van der Waals surface area contributed by atoms with Crippen LogP contribution in [0.1, 0.15) is 63.4 Å². The minimum atomic E-state index is -0.626. The molecule has 0 bridgehead atoms. The lowest BCUT2D eigenvalue weighted by atomic mass is 9.73. The maximum absolute atomic E-state index is 13.6. The Hall–Kier alpha value is -0.810. The van der Waals surface area contributed by atoms with Crippen molar-refractivity contribution in [1.82, 2.24) is 10.2 Å². The van der Waals surface area contributed by atoms with Gasteiger partial charge in [0.15, 0.2) is 0 Å². The number of ether oxygens (including phenoxy) is 1. The van der Waals surface area contributed by atoms with Crippen LogP contribution in [0.25, 0.3) is 0 Å². The molecule has 6 heteroatoms. The number of nitrogens with one attached hydrogen (secondary N) is 1. The van der Waals surface area contributed by atoms with Gasteiger partial charge in [0, 0.05) is 48.9 Å². The van der Waals surface area contributed by atoms with E-state index in [-0.39, 0.29) is 11.9 Å². The van der Waals surface area contributed by atoms with Gasteiger partial charge < -0.3 is 15.0 Å². The van der Waals surface area contributed by atoms with E-state index >= 15 is 0 Å².